The van der Waals surface area contributed by atoms with Crippen LogP contribution in [0.1, 0.15) is 61.0 Å². The molecule has 0 atom stereocenters. The molecular weight excluding hydrogens is 472 g/mol. The van der Waals surface area contributed by atoms with Gasteiger partial charge in [-0.25, -0.2) is 4.79 Å². The van der Waals surface area contributed by atoms with Gasteiger partial charge in [-0.15, -0.1) is 0 Å². The summed E-state index contributed by atoms with van der Waals surface area (Å²) in [6, 6.07) is 19.7. The number of benzene rings is 4. The Morgan fingerprint density at radius 1 is 0.605 bits per heavy atom. The van der Waals surface area contributed by atoms with Gasteiger partial charge in [-0.3, -0.25) is 4.79 Å². The average Bonchev–Trinajstić information content (AvgIpc) is 2.94. The van der Waals surface area contributed by atoms with E-state index in [-0.39, 0.29) is 5.78 Å². The summed E-state index contributed by atoms with van der Waals surface area (Å²) in [7, 11) is 1.73. The van der Waals surface area contributed by atoms with E-state index in [0.717, 1.165) is 44.3 Å². The molecule has 0 aromatic heterocycles. The average molecular weight is 501 g/mol. The number of Topliss-reactive ketones (excluding diaryl/α,β-unsaturated/α-hetero) is 1. The molecule has 0 unspecified atom stereocenters. The van der Waals surface area contributed by atoms with Crippen molar-refractivity contribution in [3.05, 3.63) is 105 Å². The van der Waals surface area contributed by atoms with E-state index in [2.05, 4.69) is 36.4 Å². The van der Waals surface area contributed by atoms with Crippen LogP contribution in [0.3, 0.4) is 0 Å². The van der Waals surface area contributed by atoms with Crippen LogP contribution in [-0.2, 0) is 38.5 Å². The monoisotopic (exact) mass is 500 g/mol. The Balaban J connectivity index is 1.25. The molecule has 3 aliphatic rings. The second-order valence-corrected chi connectivity index (χ2v) is 10.6. The summed E-state index contributed by atoms with van der Waals surface area (Å²) in [4.78, 5) is 24.4. The van der Waals surface area contributed by atoms with Crippen LogP contribution in [0.4, 0.5) is 0 Å². The molecule has 38 heavy (non-hydrogen) atoms. The molecule has 4 aromatic rings. The van der Waals surface area contributed by atoms with E-state index in [1.807, 2.05) is 0 Å². The molecule has 0 saturated carbocycles. The third kappa shape index (κ3) is 3.59. The fraction of sp³-hybridized carbons (Fsp3) is 0.235. The minimum atomic E-state index is -0.399. The molecule has 0 N–H and O–H groups in total. The largest absolute Gasteiger partial charge is 0.497 e. The lowest BCUT2D eigenvalue weighted by atomic mass is 9.70. The SMILES string of the molecule is COc1ccc2c(c1)CCc1c-2cc2c3c1CCc1cc(OC(=O)c4ccc(C(C)=O)cc4)cc(c1-3)CC2. The number of rotatable bonds is 4. The first-order valence-electron chi connectivity index (χ1n) is 13.3. The van der Waals surface area contributed by atoms with Gasteiger partial charge in [0.25, 0.3) is 0 Å². The lowest BCUT2D eigenvalue weighted by Crippen LogP contribution is -2.19. The predicted octanol–water partition coefficient (Wildman–Crippen LogP) is 6.75. The fourth-order valence-corrected chi connectivity index (χ4v) is 6.62. The zero-order valence-electron chi connectivity index (χ0n) is 21.6. The molecule has 7 rings (SSSR count). The highest BCUT2D eigenvalue weighted by atomic mass is 16.5. The van der Waals surface area contributed by atoms with Gasteiger partial charge in [-0.1, -0.05) is 24.3 Å². The molecule has 0 amide bonds. The van der Waals surface area contributed by atoms with E-state index in [9.17, 15) is 9.59 Å². The van der Waals surface area contributed by atoms with Crippen molar-refractivity contribution >= 4 is 11.8 Å². The fourth-order valence-electron chi connectivity index (χ4n) is 6.62. The van der Waals surface area contributed by atoms with Crippen LogP contribution in [0.5, 0.6) is 11.5 Å². The Kier molecular flexibility index (Phi) is 5.26. The van der Waals surface area contributed by atoms with Crippen LogP contribution in [0.25, 0.3) is 22.3 Å². The molecule has 0 aliphatic heterocycles. The maximum Gasteiger partial charge on any atom is 0.343 e. The smallest absolute Gasteiger partial charge is 0.343 e. The summed E-state index contributed by atoms with van der Waals surface area (Å²) in [5, 5.41) is 0. The number of carbonyl (C=O) groups is 2. The summed E-state index contributed by atoms with van der Waals surface area (Å²) in [5.74, 6) is 1.11. The Hall–Kier alpha value is -4.18. The highest BCUT2D eigenvalue weighted by molar-refractivity contribution is 5.96. The molecule has 188 valence electrons. The van der Waals surface area contributed by atoms with Gasteiger partial charge >= 0.3 is 5.97 Å². The Labute approximate surface area is 222 Å². The quantitative estimate of drug-likeness (QED) is 0.177. The second-order valence-electron chi connectivity index (χ2n) is 10.6. The van der Waals surface area contributed by atoms with Crippen molar-refractivity contribution in [2.24, 2.45) is 0 Å². The molecule has 0 saturated heterocycles. The summed E-state index contributed by atoms with van der Waals surface area (Å²) in [6.07, 6.45) is 5.96. The van der Waals surface area contributed by atoms with Crippen molar-refractivity contribution in [3.63, 3.8) is 0 Å². The summed E-state index contributed by atoms with van der Waals surface area (Å²) < 4.78 is 11.3. The lowest BCUT2D eigenvalue weighted by Gasteiger charge is -2.34. The van der Waals surface area contributed by atoms with Gasteiger partial charge < -0.3 is 9.47 Å². The van der Waals surface area contributed by atoms with Gasteiger partial charge in [-0.05, 0) is 137 Å². The first kappa shape index (κ1) is 23.0. The summed E-state index contributed by atoms with van der Waals surface area (Å²) in [6.45, 7) is 1.52. The van der Waals surface area contributed by atoms with E-state index in [4.69, 9.17) is 9.47 Å². The Morgan fingerprint density at radius 3 is 1.92 bits per heavy atom. The molecule has 0 bridgehead atoms. The molecular formula is C34H28O4. The standard InChI is InChI=1S/C34H28O4/c1-19(35)20-3-5-21(6-4-20)34(36)38-27-16-23-7-8-25-18-31-28-14-11-26(37-2)15-22(28)9-12-29(31)30-13-10-24(17-27)32(23)33(25)30/h3-6,11,14-18H,7-10,12-13H2,1-2H3. The number of esters is 1. The van der Waals surface area contributed by atoms with Crippen molar-refractivity contribution in [3.8, 4) is 33.8 Å². The van der Waals surface area contributed by atoms with Crippen LogP contribution in [-0.4, -0.2) is 18.9 Å². The Morgan fingerprint density at radius 2 is 1.21 bits per heavy atom. The van der Waals surface area contributed by atoms with Gasteiger partial charge in [-0.2, -0.15) is 0 Å². The van der Waals surface area contributed by atoms with E-state index in [1.165, 1.54) is 62.6 Å². The molecule has 4 nitrogen and oxygen atoms in total. The molecule has 4 aromatic carbocycles. The number of ketones is 1. The van der Waals surface area contributed by atoms with Crippen molar-refractivity contribution < 1.29 is 19.1 Å². The first-order chi connectivity index (χ1) is 18.5. The number of aryl methyl sites for hydroxylation is 4. The number of carbonyl (C=O) groups excluding carboxylic acids is 2. The predicted molar refractivity (Wildman–Crippen MR) is 147 cm³/mol. The van der Waals surface area contributed by atoms with Crippen LogP contribution < -0.4 is 9.47 Å². The van der Waals surface area contributed by atoms with E-state index in [1.54, 1.807) is 31.4 Å². The van der Waals surface area contributed by atoms with Crippen LogP contribution in [0.2, 0.25) is 0 Å². The number of methoxy groups -OCH3 is 1. The summed E-state index contributed by atoms with van der Waals surface area (Å²) in [5.41, 5.74) is 14.9. The summed E-state index contributed by atoms with van der Waals surface area (Å²) >= 11 is 0. The Bertz CT molecular complexity index is 1640. The van der Waals surface area contributed by atoms with Crippen molar-refractivity contribution in [1.29, 1.82) is 0 Å². The van der Waals surface area contributed by atoms with Crippen molar-refractivity contribution in [2.45, 2.75) is 45.4 Å². The molecule has 4 heteroatoms. The lowest BCUT2D eigenvalue weighted by molar-refractivity contribution is 0.0734. The van der Waals surface area contributed by atoms with Crippen molar-refractivity contribution in [1.82, 2.24) is 0 Å². The number of hydrogen-bond acceptors (Lipinski definition) is 4. The zero-order valence-corrected chi connectivity index (χ0v) is 21.6. The molecule has 0 radical (unpaired) electrons. The number of ether oxygens (including phenoxy) is 2. The normalized spacial score (nSPS) is 14.2. The molecule has 0 spiro atoms. The number of hydrogen-bond donors (Lipinski definition) is 0. The van der Waals surface area contributed by atoms with Gasteiger partial charge in [0, 0.05) is 5.56 Å². The van der Waals surface area contributed by atoms with Crippen LogP contribution in [0, 0.1) is 0 Å². The van der Waals surface area contributed by atoms with Gasteiger partial charge in [0.15, 0.2) is 5.78 Å². The van der Waals surface area contributed by atoms with Crippen molar-refractivity contribution in [2.75, 3.05) is 7.11 Å². The van der Waals surface area contributed by atoms with Gasteiger partial charge in [0.05, 0.1) is 12.7 Å². The van der Waals surface area contributed by atoms with Crippen LogP contribution >= 0.6 is 0 Å². The maximum atomic E-state index is 12.9. The molecule has 0 fully saturated rings. The third-order valence-electron chi connectivity index (χ3n) is 8.45. The topological polar surface area (TPSA) is 52.6 Å². The van der Waals surface area contributed by atoms with E-state index < -0.39 is 5.97 Å². The van der Waals surface area contributed by atoms with E-state index in [0.29, 0.717) is 16.9 Å². The molecule has 0 heterocycles. The minimum absolute atomic E-state index is 0.0240. The zero-order chi connectivity index (χ0) is 26.0. The third-order valence-corrected chi connectivity index (χ3v) is 8.45. The van der Waals surface area contributed by atoms with Gasteiger partial charge in [0.1, 0.15) is 11.5 Å². The highest BCUT2D eigenvalue weighted by Gasteiger charge is 2.31. The molecule has 3 aliphatic carbocycles. The minimum Gasteiger partial charge on any atom is -0.497 e. The highest BCUT2D eigenvalue weighted by Crippen LogP contribution is 2.49. The number of fused-ring (bicyclic) bond motifs is 4. The van der Waals surface area contributed by atoms with E-state index >= 15 is 0 Å². The second kappa shape index (κ2) is 8.70. The van der Waals surface area contributed by atoms with Crippen LogP contribution in [0.15, 0.2) is 60.7 Å². The first-order valence-corrected chi connectivity index (χ1v) is 13.3. The maximum absolute atomic E-state index is 12.9. The van der Waals surface area contributed by atoms with Gasteiger partial charge in [0.2, 0.25) is 0 Å².